The molecule has 51 heavy (non-hydrogen) atoms. The minimum atomic E-state index is -3.18. The first-order valence-electron chi connectivity index (χ1n) is 16.6. The van der Waals surface area contributed by atoms with Gasteiger partial charge in [0, 0.05) is 51.0 Å². The molecule has 0 aromatic carbocycles. The highest BCUT2D eigenvalue weighted by Gasteiger charge is 3.01. The van der Waals surface area contributed by atoms with Crippen LogP contribution in [0, 0.1) is 28.1 Å². The summed E-state index contributed by atoms with van der Waals surface area (Å²) in [5, 5.41) is 54.1. The minimum Gasteiger partial charge on any atom is -0.472 e. The number of furan rings is 1. The van der Waals surface area contributed by atoms with Gasteiger partial charge in [0.2, 0.25) is 0 Å². The summed E-state index contributed by atoms with van der Waals surface area (Å²) >= 11 is 0. The van der Waals surface area contributed by atoms with Crippen LogP contribution in [0.2, 0.25) is 0 Å². The maximum atomic E-state index is 13.9. The summed E-state index contributed by atoms with van der Waals surface area (Å²) in [7, 11) is 0. The fourth-order valence-corrected chi connectivity index (χ4v) is 11.8. The highest BCUT2D eigenvalue weighted by Crippen LogP contribution is 2.84. The molecule has 278 valence electrons. The molecule has 14 atom stereocenters. The van der Waals surface area contributed by atoms with E-state index in [1.165, 1.54) is 32.4 Å². The van der Waals surface area contributed by atoms with Gasteiger partial charge in [-0.1, -0.05) is 13.8 Å². The molecule has 0 amide bonds. The number of aliphatic hydroxyl groups is 4. The van der Waals surface area contributed by atoms with Gasteiger partial charge in [-0.3, -0.25) is 28.8 Å². The number of ether oxygens (including phenoxy) is 6. The standard InChI is InChI=1S/C34H40O17/c1-14(35)47-24-25(48-15(2)36)34(44)30-13-46-21(39)9-19(30)28(5)12-31(30,41)33(43,26(28)49-16(3)37)27(50-17(4)38)32(34,42)20-10-22(40)51-23(29(20,24)6)18-7-8-45-11-18/h7-8,11,19-20,23-27,41-44H,9-10,12-13H2,1-6H3. The van der Waals surface area contributed by atoms with Gasteiger partial charge in [0.15, 0.2) is 23.9 Å². The van der Waals surface area contributed by atoms with Gasteiger partial charge in [0.05, 0.1) is 29.8 Å². The van der Waals surface area contributed by atoms with Crippen molar-refractivity contribution in [2.45, 2.75) is 114 Å². The van der Waals surface area contributed by atoms with Crippen LogP contribution >= 0.6 is 0 Å². The molecule has 2 aliphatic heterocycles. The number of carbonyl (C=O) groups excluding carboxylic acids is 6. The molecule has 3 heterocycles. The maximum Gasteiger partial charge on any atom is 0.306 e. The molecule has 6 fully saturated rings. The highest BCUT2D eigenvalue weighted by atomic mass is 16.6. The van der Waals surface area contributed by atoms with Crippen LogP contribution in [0.5, 0.6) is 0 Å². The molecule has 7 rings (SSSR count). The van der Waals surface area contributed by atoms with E-state index in [0.29, 0.717) is 0 Å². The van der Waals surface area contributed by atoms with Crippen LogP contribution in [0.15, 0.2) is 23.0 Å². The van der Waals surface area contributed by atoms with E-state index >= 15 is 0 Å². The zero-order chi connectivity index (χ0) is 37.5. The molecule has 4 aliphatic carbocycles. The van der Waals surface area contributed by atoms with E-state index in [-0.39, 0.29) is 5.56 Å². The third kappa shape index (κ3) is 3.79. The van der Waals surface area contributed by atoms with E-state index in [1.807, 2.05) is 0 Å². The summed E-state index contributed by atoms with van der Waals surface area (Å²) in [5.74, 6) is -8.89. The lowest BCUT2D eigenvalue weighted by molar-refractivity contribution is -0.470. The van der Waals surface area contributed by atoms with Crippen LogP contribution in [0.25, 0.3) is 0 Å². The third-order valence-corrected chi connectivity index (χ3v) is 13.1. The van der Waals surface area contributed by atoms with E-state index in [4.69, 9.17) is 32.8 Å². The quantitative estimate of drug-likeness (QED) is 0.222. The molecule has 0 radical (unpaired) electrons. The molecular formula is C34H40O17. The van der Waals surface area contributed by atoms with Crippen molar-refractivity contribution in [3.05, 3.63) is 24.2 Å². The summed E-state index contributed by atoms with van der Waals surface area (Å²) in [6, 6.07) is 1.43. The molecule has 1 aromatic rings. The van der Waals surface area contributed by atoms with Crippen molar-refractivity contribution >= 4 is 35.8 Å². The molecule has 14 unspecified atom stereocenters. The van der Waals surface area contributed by atoms with Crippen molar-refractivity contribution in [1.82, 2.24) is 0 Å². The van der Waals surface area contributed by atoms with Crippen molar-refractivity contribution in [1.29, 1.82) is 0 Å². The first-order valence-corrected chi connectivity index (χ1v) is 16.6. The molecule has 2 bridgehead atoms. The number of rotatable bonds is 5. The molecule has 4 N–H and O–H groups in total. The van der Waals surface area contributed by atoms with Crippen LogP contribution in [-0.2, 0) is 57.2 Å². The topological polar surface area (TPSA) is 252 Å². The van der Waals surface area contributed by atoms with Crippen LogP contribution in [0.4, 0.5) is 0 Å². The van der Waals surface area contributed by atoms with E-state index < -0.39 is 143 Å². The zero-order valence-electron chi connectivity index (χ0n) is 28.7. The van der Waals surface area contributed by atoms with Gasteiger partial charge in [0.25, 0.3) is 0 Å². The Morgan fingerprint density at radius 3 is 1.90 bits per heavy atom. The Bertz CT molecular complexity index is 1740. The molecule has 6 aliphatic rings. The maximum absolute atomic E-state index is 13.9. The van der Waals surface area contributed by atoms with Crippen molar-refractivity contribution < 1.29 is 82.0 Å². The Morgan fingerprint density at radius 2 is 1.33 bits per heavy atom. The van der Waals surface area contributed by atoms with Gasteiger partial charge < -0.3 is 53.3 Å². The number of hydrogen-bond acceptors (Lipinski definition) is 17. The fraction of sp³-hybridized carbons (Fsp3) is 0.706. The Kier molecular flexibility index (Phi) is 7.29. The predicted octanol–water partition coefficient (Wildman–Crippen LogP) is -0.458. The number of hydrogen-bond donors (Lipinski definition) is 4. The molecule has 1 spiro atoms. The SMILES string of the molecule is CC(=O)OC1C(OC(C)=O)C2(O)C(O)(C3CC(=O)OC(c4ccoc4)C13C)C(OC(C)=O)C1(O)C(OC(C)=O)C3(C)CC1(O)C21COC(=O)CC31. The summed E-state index contributed by atoms with van der Waals surface area (Å²) in [4.78, 5) is 78.6. The second kappa shape index (κ2) is 10.5. The van der Waals surface area contributed by atoms with Crippen molar-refractivity contribution in [2.75, 3.05) is 6.61 Å². The van der Waals surface area contributed by atoms with Gasteiger partial charge in [-0.15, -0.1) is 0 Å². The van der Waals surface area contributed by atoms with Crippen LogP contribution in [-0.4, -0.2) is 110 Å². The fourth-order valence-electron chi connectivity index (χ4n) is 11.8. The van der Waals surface area contributed by atoms with Crippen LogP contribution < -0.4 is 0 Å². The Balaban J connectivity index is 1.65. The van der Waals surface area contributed by atoms with Gasteiger partial charge in [0.1, 0.15) is 35.6 Å². The van der Waals surface area contributed by atoms with Gasteiger partial charge in [-0.25, -0.2) is 0 Å². The van der Waals surface area contributed by atoms with Crippen molar-refractivity contribution in [3.8, 4) is 0 Å². The second-order valence-corrected chi connectivity index (χ2v) is 15.4. The molecular weight excluding hydrogens is 680 g/mol. The highest BCUT2D eigenvalue weighted by molar-refractivity contribution is 5.76. The lowest BCUT2D eigenvalue weighted by Gasteiger charge is -2.78. The average Bonchev–Trinajstić information content (AvgIpc) is 3.67. The van der Waals surface area contributed by atoms with Crippen LogP contribution in [0.1, 0.15) is 72.5 Å². The number of fused-ring (bicyclic) bond motifs is 5. The molecule has 17 nitrogen and oxygen atoms in total. The van der Waals surface area contributed by atoms with E-state index in [2.05, 4.69) is 0 Å². The lowest BCUT2D eigenvalue weighted by atomic mass is 9.32. The molecule has 2 saturated heterocycles. The monoisotopic (exact) mass is 720 g/mol. The Hall–Kier alpha value is -4.06. The number of esters is 6. The number of carbonyl (C=O) groups is 6. The summed E-state index contributed by atoms with van der Waals surface area (Å²) < 4.78 is 40.0. The van der Waals surface area contributed by atoms with E-state index in [0.717, 1.165) is 27.7 Å². The summed E-state index contributed by atoms with van der Waals surface area (Å²) in [6.07, 6.45) is -9.09. The zero-order valence-corrected chi connectivity index (χ0v) is 28.7. The molecule has 4 saturated carbocycles. The third-order valence-electron chi connectivity index (χ3n) is 13.1. The average molecular weight is 721 g/mol. The van der Waals surface area contributed by atoms with Gasteiger partial charge in [-0.05, 0) is 18.4 Å². The van der Waals surface area contributed by atoms with Gasteiger partial charge in [-0.2, -0.15) is 0 Å². The lowest BCUT2D eigenvalue weighted by Crippen LogP contribution is -2.99. The second-order valence-electron chi connectivity index (χ2n) is 15.4. The summed E-state index contributed by atoms with van der Waals surface area (Å²) in [6.45, 7) is 5.99. The molecule has 17 heteroatoms. The first-order chi connectivity index (χ1) is 23.6. The summed E-state index contributed by atoms with van der Waals surface area (Å²) in [5.41, 5.74) is -17.9. The predicted molar refractivity (Wildman–Crippen MR) is 160 cm³/mol. The number of cyclic esters (lactones) is 2. The normalized spacial score (nSPS) is 48.9. The Morgan fingerprint density at radius 1 is 0.765 bits per heavy atom. The van der Waals surface area contributed by atoms with E-state index in [9.17, 15) is 49.2 Å². The van der Waals surface area contributed by atoms with E-state index in [1.54, 1.807) is 0 Å². The van der Waals surface area contributed by atoms with Crippen molar-refractivity contribution in [2.24, 2.45) is 28.1 Å². The smallest absolute Gasteiger partial charge is 0.306 e. The van der Waals surface area contributed by atoms with Crippen molar-refractivity contribution in [3.63, 3.8) is 0 Å². The first kappa shape index (κ1) is 35.3. The van der Waals surface area contributed by atoms with Crippen LogP contribution in [0.3, 0.4) is 0 Å². The molecule has 1 aromatic heterocycles. The largest absolute Gasteiger partial charge is 0.472 e. The van der Waals surface area contributed by atoms with Gasteiger partial charge >= 0.3 is 35.8 Å². The Labute approximate surface area is 290 Å². The minimum absolute atomic E-state index is 0.191.